The molecule has 1 atom stereocenters. The lowest BCUT2D eigenvalue weighted by molar-refractivity contribution is 0.0421. The van der Waals surface area contributed by atoms with E-state index in [1.165, 1.54) is 11.8 Å². The number of hydrogen-bond acceptors (Lipinski definition) is 4. The van der Waals surface area contributed by atoms with Gasteiger partial charge in [-0.3, -0.25) is 9.79 Å². The van der Waals surface area contributed by atoms with Crippen LogP contribution in [0, 0.1) is 0 Å². The number of carbonyl (C=O) groups is 1. The maximum absolute atomic E-state index is 12.4. The van der Waals surface area contributed by atoms with E-state index in [1.807, 2.05) is 18.2 Å². The first-order chi connectivity index (χ1) is 13.6. The molecule has 156 valence electrons. The molecule has 1 unspecified atom stereocenters. The minimum absolute atomic E-state index is 0. The van der Waals surface area contributed by atoms with E-state index < -0.39 is 5.60 Å². The molecular formula is C21H27IN4O3. The minimum Gasteiger partial charge on any atom is -0.459 e. The number of hydrogen-bond donors (Lipinski definition) is 2. The number of nitrogens with one attached hydrogen (secondary N) is 1. The summed E-state index contributed by atoms with van der Waals surface area (Å²) in [5, 5.41) is 14.4. The molecule has 0 saturated carbocycles. The second kappa shape index (κ2) is 9.17. The maximum atomic E-state index is 12.4. The summed E-state index contributed by atoms with van der Waals surface area (Å²) in [5.41, 5.74) is 1.35. The van der Waals surface area contributed by atoms with Gasteiger partial charge in [0.2, 0.25) is 0 Å². The van der Waals surface area contributed by atoms with Crippen molar-refractivity contribution in [3.05, 3.63) is 59.5 Å². The fourth-order valence-corrected chi connectivity index (χ4v) is 4.09. The van der Waals surface area contributed by atoms with Crippen LogP contribution in [0.3, 0.4) is 0 Å². The minimum atomic E-state index is -0.871. The Morgan fingerprint density at radius 1 is 1.17 bits per heavy atom. The van der Waals surface area contributed by atoms with E-state index in [0.717, 1.165) is 17.9 Å². The second-order valence-electron chi connectivity index (χ2n) is 7.35. The zero-order chi connectivity index (χ0) is 19.6. The summed E-state index contributed by atoms with van der Waals surface area (Å²) in [6.45, 7) is 2.99. The highest BCUT2D eigenvalue weighted by atomic mass is 127. The first-order valence-electron chi connectivity index (χ1n) is 9.70. The molecule has 0 radical (unpaired) electrons. The number of aliphatic hydroxyl groups is 1. The van der Waals surface area contributed by atoms with Crippen LogP contribution in [0.1, 0.15) is 28.1 Å². The number of guanidine groups is 1. The highest BCUT2D eigenvalue weighted by Gasteiger charge is 2.37. The van der Waals surface area contributed by atoms with Crippen LogP contribution in [-0.2, 0) is 12.0 Å². The molecule has 1 aliphatic carbocycles. The van der Waals surface area contributed by atoms with Gasteiger partial charge in [0.05, 0.1) is 12.8 Å². The lowest BCUT2D eigenvalue weighted by atomic mass is 9.96. The molecular weight excluding hydrogens is 483 g/mol. The standard InChI is InChI=1S/C21H26N4O3.HI/c1-22-20(23-15-21(27)9-8-16-5-2-3-6-17(16)21)25-12-10-24(11-13-25)19(26)18-7-4-14-28-18;/h2-7,14,27H,8-13,15H2,1H3,(H,22,23);1H. The van der Waals surface area contributed by atoms with Gasteiger partial charge in [0.15, 0.2) is 11.7 Å². The SMILES string of the molecule is CN=C(NCC1(O)CCc2ccccc21)N1CCN(C(=O)c2ccco2)CC1.I. The van der Waals surface area contributed by atoms with E-state index in [9.17, 15) is 9.90 Å². The van der Waals surface area contributed by atoms with Crippen molar-refractivity contribution < 1.29 is 14.3 Å². The number of rotatable bonds is 3. The Morgan fingerprint density at radius 3 is 2.59 bits per heavy atom. The van der Waals surface area contributed by atoms with Gasteiger partial charge in [0.25, 0.3) is 5.91 Å². The van der Waals surface area contributed by atoms with E-state index in [4.69, 9.17) is 4.42 Å². The molecule has 1 aliphatic heterocycles. The third-order valence-corrected chi connectivity index (χ3v) is 5.68. The molecule has 1 saturated heterocycles. The number of furan rings is 1. The Balaban J connectivity index is 0.00000240. The average Bonchev–Trinajstić information content (AvgIpc) is 3.38. The first-order valence-corrected chi connectivity index (χ1v) is 9.70. The van der Waals surface area contributed by atoms with Crippen LogP contribution < -0.4 is 5.32 Å². The Morgan fingerprint density at radius 2 is 1.90 bits per heavy atom. The van der Waals surface area contributed by atoms with Crippen molar-refractivity contribution in [1.29, 1.82) is 0 Å². The molecule has 0 spiro atoms. The maximum Gasteiger partial charge on any atom is 0.289 e. The Labute approximate surface area is 187 Å². The normalized spacial score (nSPS) is 21.5. The number of aryl methyl sites for hydroxylation is 1. The summed E-state index contributed by atoms with van der Waals surface area (Å²) in [7, 11) is 1.75. The van der Waals surface area contributed by atoms with Crippen molar-refractivity contribution in [2.24, 2.45) is 4.99 Å². The lowest BCUT2D eigenvalue weighted by Crippen LogP contribution is -2.55. The number of carbonyl (C=O) groups excluding carboxylic acids is 1. The predicted octanol–water partition coefficient (Wildman–Crippen LogP) is 2.06. The van der Waals surface area contributed by atoms with E-state index in [1.54, 1.807) is 24.1 Å². The van der Waals surface area contributed by atoms with Gasteiger partial charge in [-0.1, -0.05) is 24.3 Å². The Hall–Kier alpha value is -2.07. The summed E-state index contributed by atoms with van der Waals surface area (Å²) in [6.07, 6.45) is 3.11. The fourth-order valence-electron chi connectivity index (χ4n) is 4.09. The van der Waals surface area contributed by atoms with Crippen LogP contribution in [0.4, 0.5) is 0 Å². The largest absolute Gasteiger partial charge is 0.459 e. The van der Waals surface area contributed by atoms with Crippen LogP contribution in [0.15, 0.2) is 52.1 Å². The molecule has 2 N–H and O–H groups in total. The predicted molar refractivity (Wildman–Crippen MR) is 122 cm³/mol. The van der Waals surface area contributed by atoms with Crippen molar-refractivity contribution in [2.75, 3.05) is 39.8 Å². The highest BCUT2D eigenvalue weighted by Crippen LogP contribution is 2.36. The van der Waals surface area contributed by atoms with Crippen LogP contribution in [0.25, 0.3) is 0 Å². The number of amides is 1. The van der Waals surface area contributed by atoms with Gasteiger partial charge in [-0.25, -0.2) is 0 Å². The average molecular weight is 510 g/mol. The van der Waals surface area contributed by atoms with Crippen molar-refractivity contribution >= 4 is 35.8 Å². The van der Waals surface area contributed by atoms with Crippen LogP contribution in [-0.4, -0.2) is 66.5 Å². The van der Waals surface area contributed by atoms with E-state index in [0.29, 0.717) is 44.9 Å². The lowest BCUT2D eigenvalue weighted by Gasteiger charge is -2.37. The second-order valence-corrected chi connectivity index (χ2v) is 7.35. The fraction of sp³-hybridized carbons (Fsp3) is 0.429. The first kappa shape index (κ1) is 21.6. The molecule has 7 nitrogen and oxygen atoms in total. The number of halogens is 1. The summed E-state index contributed by atoms with van der Waals surface area (Å²) in [4.78, 5) is 20.7. The van der Waals surface area contributed by atoms with E-state index in [-0.39, 0.29) is 29.9 Å². The van der Waals surface area contributed by atoms with Crippen LogP contribution in [0.5, 0.6) is 0 Å². The van der Waals surface area contributed by atoms with Gasteiger partial charge in [-0.15, -0.1) is 24.0 Å². The highest BCUT2D eigenvalue weighted by molar-refractivity contribution is 14.0. The van der Waals surface area contributed by atoms with Gasteiger partial charge < -0.3 is 24.6 Å². The summed E-state index contributed by atoms with van der Waals surface area (Å²) in [6, 6.07) is 11.5. The number of benzene rings is 1. The molecule has 2 aromatic rings. The smallest absolute Gasteiger partial charge is 0.289 e. The number of nitrogens with zero attached hydrogens (tertiary/aromatic N) is 3. The third-order valence-electron chi connectivity index (χ3n) is 5.68. The molecule has 4 rings (SSSR count). The van der Waals surface area contributed by atoms with Crippen molar-refractivity contribution in [3.8, 4) is 0 Å². The molecule has 8 heteroatoms. The molecule has 1 aromatic heterocycles. The van der Waals surface area contributed by atoms with Gasteiger partial charge in [0, 0.05) is 33.2 Å². The van der Waals surface area contributed by atoms with Crippen LogP contribution in [0.2, 0.25) is 0 Å². The van der Waals surface area contributed by atoms with E-state index in [2.05, 4.69) is 21.3 Å². The van der Waals surface area contributed by atoms with Crippen molar-refractivity contribution in [3.63, 3.8) is 0 Å². The quantitative estimate of drug-likeness (QED) is 0.376. The summed E-state index contributed by atoms with van der Waals surface area (Å²) < 4.78 is 5.21. The molecule has 2 heterocycles. The summed E-state index contributed by atoms with van der Waals surface area (Å²) >= 11 is 0. The molecule has 1 fully saturated rings. The number of fused-ring (bicyclic) bond motifs is 1. The van der Waals surface area contributed by atoms with Crippen molar-refractivity contribution in [1.82, 2.24) is 15.1 Å². The van der Waals surface area contributed by atoms with Crippen LogP contribution >= 0.6 is 24.0 Å². The number of piperazine rings is 1. The van der Waals surface area contributed by atoms with Gasteiger partial charge in [0.1, 0.15) is 5.60 Å². The molecule has 1 amide bonds. The van der Waals surface area contributed by atoms with E-state index >= 15 is 0 Å². The topological polar surface area (TPSA) is 81.3 Å². The monoisotopic (exact) mass is 510 g/mol. The van der Waals surface area contributed by atoms with Crippen molar-refractivity contribution in [2.45, 2.75) is 18.4 Å². The Bertz CT molecular complexity index is 863. The molecule has 1 aromatic carbocycles. The summed E-state index contributed by atoms with van der Waals surface area (Å²) in [5.74, 6) is 1.05. The van der Waals surface area contributed by atoms with Gasteiger partial charge in [-0.05, 0) is 36.1 Å². The molecule has 2 aliphatic rings. The molecule has 0 bridgehead atoms. The third kappa shape index (κ3) is 4.42. The van der Waals surface area contributed by atoms with Gasteiger partial charge in [-0.2, -0.15) is 0 Å². The zero-order valence-corrected chi connectivity index (χ0v) is 18.8. The zero-order valence-electron chi connectivity index (χ0n) is 16.5. The Kier molecular flexibility index (Phi) is 6.84. The number of aliphatic imine (C=N–C) groups is 1. The van der Waals surface area contributed by atoms with Gasteiger partial charge >= 0.3 is 0 Å². The molecule has 29 heavy (non-hydrogen) atoms.